The minimum absolute atomic E-state index is 0.148. The summed E-state index contributed by atoms with van der Waals surface area (Å²) in [4.78, 5) is 13.8. The number of furan rings is 1. The van der Waals surface area contributed by atoms with Crippen LogP contribution in [-0.2, 0) is 0 Å². The van der Waals surface area contributed by atoms with Gasteiger partial charge in [-0.15, -0.1) is 0 Å². The largest absolute Gasteiger partial charge is 0.456 e. The summed E-state index contributed by atoms with van der Waals surface area (Å²) in [6.07, 6.45) is 0. The topological polar surface area (TPSA) is 51.8 Å². The average Bonchev–Trinajstić information content (AvgIpc) is 3.31. The van der Waals surface area contributed by atoms with Crippen LogP contribution in [0, 0.1) is 0 Å². The second-order valence-corrected chi connectivity index (χ2v) is 8.97. The molecule has 2 heterocycles. The van der Waals surface area contributed by atoms with Crippen LogP contribution in [0.4, 0.5) is 0 Å². The van der Waals surface area contributed by atoms with Gasteiger partial charge in [0, 0.05) is 21.9 Å². The molecule has 0 radical (unpaired) electrons. The molecular weight excluding hydrogens is 466 g/mol. The summed E-state index contributed by atoms with van der Waals surface area (Å²) in [5, 5.41) is 4.52. The van der Waals surface area contributed by atoms with Crippen LogP contribution in [0.1, 0.15) is 0 Å². The van der Waals surface area contributed by atoms with Gasteiger partial charge in [-0.1, -0.05) is 91.0 Å². The van der Waals surface area contributed by atoms with Crippen LogP contribution in [0.25, 0.3) is 66.6 Å². The molecule has 5 aromatic carbocycles. The van der Waals surface area contributed by atoms with Crippen molar-refractivity contribution >= 4 is 44.3 Å². The lowest BCUT2D eigenvalue weighted by Crippen LogP contribution is -1.97. The standard InChI is InChI=1S/C31H18ClN3O/c32-31-34-29(21-11-5-10-20(18-21)23-14-6-9-19-8-1-2-12-22(19)23)33-30(35-31)25-15-7-17-27-28(25)24-13-3-4-16-26(24)36-27/h1-18H. The third-order valence-corrected chi connectivity index (χ3v) is 6.64. The van der Waals surface area contributed by atoms with Crippen LogP contribution in [0.15, 0.2) is 114 Å². The highest BCUT2D eigenvalue weighted by molar-refractivity contribution is 6.28. The zero-order valence-electron chi connectivity index (χ0n) is 19.0. The number of hydrogen-bond acceptors (Lipinski definition) is 4. The number of halogens is 1. The lowest BCUT2D eigenvalue weighted by molar-refractivity contribution is 0.669. The van der Waals surface area contributed by atoms with E-state index in [9.17, 15) is 0 Å². The number of rotatable bonds is 3. The highest BCUT2D eigenvalue weighted by atomic mass is 35.5. The van der Waals surface area contributed by atoms with Crippen LogP contribution in [-0.4, -0.2) is 15.0 Å². The first kappa shape index (κ1) is 20.8. The van der Waals surface area contributed by atoms with Crippen molar-refractivity contribution in [1.82, 2.24) is 15.0 Å². The van der Waals surface area contributed by atoms with E-state index in [4.69, 9.17) is 21.0 Å². The van der Waals surface area contributed by atoms with Gasteiger partial charge < -0.3 is 4.42 Å². The Labute approximate surface area is 211 Å². The van der Waals surface area contributed by atoms with Gasteiger partial charge in [0.2, 0.25) is 5.28 Å². The summed E-state index contributed by atoms with van der Waals surface area (Å²) in [6.45, 7) is 0. The van der Waals surface area contributed by atoms with E-state index in [0.29, 0.717) is 11.6 Å². The molecule has 0 spiro atoms. The minimum Gasteiger partial charge on any atom is -0.456 e. The molecule has 7 aromatic rings. The number of benzene rings is 5. The molecule has 0 fully saturated rings. The first-order valence-electron chi connectivity index (χ1n) is 11.7. The third kappa shape index (κ3) is 3.43. The Hall–Kier alpha value is -4.54. The number of aromatic nitrogens is 3. The van der Waals surface area contributed by atoms with Gasteiger partial charge >= 0.3 is 0 Å². The molecule has 0 atom stereocenters. The Morgan fingerprint density at radius 2 is 1.19 bits per heavy atom. The van der Waals surface area contributed by atoms with Gasteiger partial charge in [-0.25, -0.2) is 4.98 Å². The molecule has 2 aromatic heterocycles. The fraction of sp³-hybridized carbons (Fsp3) is 0. The van der Waals surface area contributed by atoms with Gasteiger partial charge in [0.25, 0.3) is 0 Å². The van der Waals surface area contributed by atoms with Gasteiger partial charge in [-0.2, -0.15) is 9.97 Å². The molecule has 0 N–H and O–H groups in total. The molecule has 0 aliphatic heterocycles. The van der Waals surface area contributed by atoms with E-state index in [0.717, 1.165) is 44.2 Å². The third-order valence-electron chi connectivity index (χ3n) is 6.47. The first-order valence-corrected chi connectivity index (χ1v) is 12.0. The van der Waals surface area contributed by atoms with Crippen molar-refractivity contribution in [2.24, 2.45) is 0 Å². The first-order chi connectivity index (χ1) is 17.7. The summed E-state index contributed by atoms with van der Waals surface area (Å²) in [5.74, 6) is 1.04. The summed E-state index contributed by atoms with van der Waals surface area (Å²) in [7, 11) is 0. The molecule has 0 bridgehead atoms. The van der Waals surface area contributed by atoms with Crippen LogP contribution in [0.3, 0.4) is 0 Å². The molecule has 0 aliphatic carbocycles. The van der Waals surface area contributed by atoms with E-state index in [-0.39, 0.29) is 5.28 Å². The summed E-state index contributed by atoms with van der Waals surface area (Å²) < 4.78 is 6.06. The fourth-order valence-electron chi connectivity index (χ4n) is 4.86. The Morgan fingerprint density at radius 3 is 2.14 bits per heavy atom. The molecular formula is C31H18ClN3O. The predicted octanol–water partition coefficient (Wildman–Crippen LogP) is 8.58. The second-order valence-electron chi connectivity index (χ2n) is 8.64. The van der Waals surface area contributed by atoms with Gasteiger partial charge in [0.05, 0.1) is 0 Å². The maximum absolute atomic E-state index is 6.44. The Bertz CT molecular complexity index is 1920. The molecule has 0 amide bonds. The van der Waals surface area contributed by atoms with E-state index in [2.05, 4.69) is 64.6 Å². The van der Waals surface area contributed by atoms with Crippen molar-refractivity contribution in [1.29, 1.82) is 0 Å². The summed E-state index contributed by atoms with van der Waals surface area (Å²) >= 11 is 6.44. The van der Waals surface area contributed by atoms with E-state index >= 15 is 0 Å². The van der Waals surface area contributed by atoms with Crippen molar-refractivity contribution in [3.8, 4) is 33.9 Å². The molecule has 4 nitrogen and oxygen atoms in total. The minimum atomic E-state index is 0.148. The van der Waals surface area contributed by atoms with Gasteiger partial charge in [-0.3, -0.25) is 0 Å². The van der Waals surface area contributed by atoms with E-state index in [1.54, 1.807) is 0 Å². The van der Waals surface area contributed by atoms with Crippen LogP contribution >= 0.6 is 11.6 Å². The molecule has 7 rings (SSSR count). The van der Waals surface area contributed by atoms with Crippen LogP contribution in [0.2, 0.25) is 5.28 Å². The highest BCUT2D eigenvalue weighted by Gasteiger charge is 2.16. The number of nitrogens with zero attached hydrogens (tertiary/aromatic N) is 3. The van der Waals surface area contributed by atoms with Gasteiger partial charge in [0.1, 0.15) is 11.2 Å². The van der Waals surface area contributed by atoms with Gasteiger partial charge in [0.15, 0.2) is 11.6 Å². The normalized spacial score (nSPS) is 11.5. The maximum Gasteiger partial charge on any atom is 0.226 e. The summed E-state index contributed by atoms with van der Waals surface area (Å²) in [5.41, 5.74) is 5.58. The maximum atomic E-state index is 6.44. The Kier molecular flexibility index (Phi) is 4.79. The molecule has 0 saturated heterocycles. The lowest BCUT2D eigenvalue weighted by atomic mass is 9.97. The number of fused-ring (bicyclic) bond motifs is 4. The van der Waals surface area contributed by atoms with E-state index in [1.807, 2.05) is 54.6 Å². The predicted molar refractivity (Wildman–Crippen MR) is 146 cm³/mol. The number of para-hydroxylation sites is 1. The average molecular weight is 484 g/mol. The summed E-state index contributed by atoms with van der Waals surface area (Å²) in [6, 6.07) is 36.8. The van der Waals surface area contributed by atoms with Crippen molar-refractivity contribution in [3.05, 3.63) is 114 Å². The Balaban J connectivity index is 1.39. The quantitative estimate of drug-likeness (QED) is 0.252. The number of hydrogen-bond donors (Lipinski definition) is 0. The highest BCUT2D eigenvalue weighted by Crippen LogP contribution is 2.36. The molecule has 0 saturated carbocycles. The smallest absolute Gasteiger partial charge is 0.226 e. The van der Waals surface area contributed by atoms with Crippen molar-refractivity contribution in [3.63, 3.8) is 0 Å². The van der Waals surface area contributed by atoms with Crippen LogP contribution < -0.4 is 0 Å². The van der Waals surface area contributed by atoms with Gasteiger partial charge in [-0.05, 0) is 51.7 Å². The van der Waals surface area contributed by atoms with Crippen molar-refractivity contribution < 1.29 is 4.42 Å². The lowest BCUT2D eigenvalue weighted by Gasteiger charge is -2.10. The van der Waals surface area contributed by atoms with Crippen molar-refractivity contribution in [2.45, 2.75) is 0 Å². The van der Waals surface area contributed by atoms with Crippen molar-refractivity contribution in [2.75, 3.05) is 0 Å². The Morgan fingerprint density at radius 1 is 0.528 bits per heavy atom. The molecule has 170 valence electrons. The molecule has 36 heavy (non-hydrogen) atoms. The van der Waals surface area contributed by atoms with E-state index in [1.165, 1.54) is 10.8 Å². The van der Waals surface area contributed by atoms with Crippen LogP contribution in [0.5, 0.6) is 0 Å². The zero-order chi connectivity index (χ0) is 24.1. The second kappa shape index (κ2) is 8.29. The zero-order valence-corrected chi connectivity index (χ0v) is 19.8. The molecule has 0 aliphatic rings. The molecule has 0 unspecified atom stereocenters. The fourth-order valence-corrected chi connectivity index (χ4v) is 5.02. The molecule has 5 heteroatoms. The van der Waals surface area contributed by atoms with E-state index < -0.39 is 0 Å². The SMILES string of the molecule is Clc1nc(-c2cccc(-c3cccc4ccccc34)c2)nc(-c2cccc3oc4ccccc4c23)n1. The monoisotopic (exact) mass is 483 g/mol.